The summed E-state index contributed by atoms with van der Waals surface area (Å²) in [5, 5.41) is 27.7. The van der Waals surface area contributed by atoms with E-state index in [1.54, 1.807) is 11.8 Å². The standard InChI is InChI=1S/C16H22N6S/c17-8-4-5-13(11-18)12-23-16-20-19-15(22(16)14-6-7-14)21-9-2-1-3-10-21/h13-14H,1-7,9-10,12H2/t13-/m0/s1. The van der Waals surface area contributed by atoms with Gasteiger partial charge in [-0.25, -0.2) is 0 Å². The van der Waals surface area contributed by atoms with Crippen LogP contribution in [0.1, 0.15) is 51.0 Å². The molecule has 0 spiro atoms. The Morgan fingerprint density at radius 1 is 1.17 bits per heavy atom. The quantitative estimate of drug-likeness (QED) is 0.714. The second-order valence-corrected chi connectivity index (χ2v) is 7.25. The Hall–Kier alpha value is -1.73. The average molecular weight is 330 g/mol. The van der Waals surface area contributed by atoms with Gasteiger partial charge >= 0.3 is 0 Å². The third kappa shape index (κ3) is 3.97. The van der Waals surface area contributed by atoms with Crippen molar-refractivity contribution in [1.82, 2.24) is 14.8 Å². The van der Waals surface area contributed by atoms with E-state index in [9.17, 15) is 5.26 Å². The lowest BCUT2D eigenvalue weighted by Gasteiger charge is -2.27. The minimum absolute atomic E-state index is 0.0950. The summed E-state index contributed by atoms with van der Waals surface area (Å²) in [6, 6.07) is 4.95. The third-order valence-corrected chi connectivity index (χ3v) is 5.50. The molecule has 1 aromatic rings. The first-order chi connectivity index (χ1) is 11.3. The number of nitrogens with zero attached hydrogens (tertiary/aromatic N) is 6. The SMILES string of the molecule is N#CCC[C@@H](C#N)CSc1nnc(N2CCCCC2)n1C1CC1. The van der Waals surface area contributed by atoms with E-state index in [0.717, 1.165) is 24.2 Å². The molecule has 1 aliphatic carbocycles. The molecular formula is C16H22N6S. The van der Waals surface area contributed by atoms with Crippen LogP contribution < -0.4 is 4.90 Å². The van der Waals surface area contributed by atoms with Crippen LogP contribution in [0.4, 0.5) is 5.95 Å². The molecule has 0 N–H and O–H groups in total. The molecule has 1 aromatic heterocycles. The van der Waals surface area contributed by atoms with Crippen molar-refractivity contribution in [3.63, 3.8) is 0 Å². The zero-order valence-corrected chi connectivity index (χ0v) is 14.1. The van der Waals surface area contributed by atoms with Gasteiger partial charge in [0.15, 0.2) is 5.16 Å². The highest BCUT2D eigenvalue weighted by atomic mass is 32.2. The average Bonchev–Trinajstić information content (AvgIpc) is 3.35. The van der Waals surface area contributed by atoms with Crippen LogP contribution in [0.25, 0.3) is 0 Å². The Bertz CT molecular complexity index is 603. The van der Waals surface area contributed by atoms with Crippen molar-refractivity contribution in [2.45, 2.75) is 56.1 Å². The molecule has 3 rings (SSSR count). The molecular weight excluding hydrogens is 308 g/mol. The van der Waals surface area contributed by atoms with Crippen LogP contribution in [0.5, 0.6) is 0 Å². The summed E-state index contributed by atoms with van der Waals surface area (Å²) in [6.07, 6.45) is 7.22. The summed E-state index contributed by atoms with van der Waals surface area (Å²) < 4.78 is 2.29. The van der Waals surface area contributed by atoms with Crippen molar-refractivity contribution in [1.29, 1.82) is 10.5 Å². The molecule has 0 amide bonds. The van der Waals surface area contributed by atoms with Crippen LogP contribution in [0, 0.1) is 28.6 Å². The Labute approximate surface area is 141 Å². The van der Waals surface area contributed by atoms with Crippen molar-refractivity contribution in [2.75, 3.05) is 23.7 Å². The lowest BCUT2D eigenvalue weighted by atomic mass is 10.1. The summed E-state index contributed by atoms with van der Waals surface area (Å²) in [5.74, 6) is 1.60. The lowest BCUT2D eigenvalue weighted by Crippen LogP contribution is -2.31. The van der Waals surface area contributed by atoms with Crippen LogP contribution in [0.2, 0.25) is 0 Å². The Morgan fingerprint density at radius 3 is 2.61 bits per heavy atom. The molecule has 0 radical (unpaired) electrons. The van der Waals surface area contributed by atoms with Gasteiger partial charge in [-0.3, -0.25) is 4.57 Å². The van der Waals surface area contributed by atoms with E-state index in [0.29, 0.717) is 24.6 Å². The van der Waals surface area contributed by atoms with E-state index in [1.165, 1.54) is 32.1 Å². The summed E-state index contributed by atoms with van der Waals surface area (Å²) in [7, 11) is 0. The highest BCUT2D eigenvalue weighted by Gasteiger charge is 2.32. The molecule has 0 unspecified atom stereocenters. The molecule has 23 heavy (non-hydrogen) atoms. The number of aromatic nitrogens is 3. The zero-order valence-electron chi connectivity index (χ0n) is 13.3. The number of piperidine rings is 1. The fourth-order valence-electron chi connectivity index (χ4n) is 2.93. The van der Waals surface area contributed by atoms with Gasteiger partial charge in [-0.1, -0.05) is 11.8 Å². The summed E-state index contributed by atoms with van der Waals surface area (Å²) >= 11 is 1.61. The van der Waals surface area contributed by atoms with Gasteiger partial charge in [-0.15, -0.1) is 10.2 Å². The predicted molar refractivity (Wildman–Crippen MR) is 89.0 cm³/mol. The molecule has 2 fully saturated rings. The van der Waals surface area contributed by atoms with Crippen molar-refractivity contribution < 1.29 is 0 Å². The first-order valence-corrected chi connectivity index (χ1v) is 9.41. The van der Waals surface area contributed by atoms with Gasteiger partial charge in [0.25, 0.3) is 0 Å². The number of hydrogen-bond acceptors (Lipinski definition) is 6. The zero-order chi connectivity index (χ0) is 16.1. The van der Waals surface area contributed by atoms with E-state index in [4.69, 9.17) is 5.26 Å². The van der Waals surface area contributed by atoms with Gasteiger partial charge in [0.2, 0.25) is 5.95 Å². The van der Waals surface area contributed by atoms with Crippen molar-refractivity contribution >= 4 is 17.7 Å². The maximum Gasteiger partial charge on any atom is 0.228 e. The Kier molecular flexibility index (Phi) is 5.40. The van der Waals surface area contributed by atoms with Gasteiger partial charge in [-0.05, 0) is 38.5 Å². The van der Waals surface area contributed by atoms with Gasteiger partial charge < -0.3 is 4.90 Å². The van der Waals surface area contributed by atoms with Gasteiger partial charge in [0, 0.05) is 31.3 Å². The molecule has 0 bridgehead atoms. The topological polar surface area (TPSA) is 81.5 Å². The van der Waals surface area contributed by atoms with Crippen LogP contribution in [-0.4, -0.2) is 33.6 Å². The molecule has 6 nitrogen and oxygen atoms in total. The van der Waals surface area contributed by atoms with E-state index in [2.05, 4.69) is 31.8 Å². The first kappa shape index (κ1) is 16.1. The molecule has 2 aliphatic rings. The minimum atomic E-state index is -0.0950. The molecule has 0 aromatic carbocycles. The molecule has 2 heterocycles. The molecule has 1 saturated carbocycles. The van der Waals surface area contributed by atoms with Crippen LogP contribution in [-0.2, 0) is 0 Å². The van der Waals surface area contributed by atoms with Crippen molar-refractivity contribution in [3.05, 3.63) is 0 Å². The van der Waals surface area contributed by atoms with E-state index < -0.39 is 0 Å². The largest absolute Gasteiger partial charge is 0.341 e. The monoisotopic (exact) mass is 330 g/mol. The molecule has 7 heteroatoms. The Morgan fingerprint density at radius 2 is 1.96 bits per heavy atom. The number of anilines is 1. The van der Waals surface area contributed by atoms with Gasteiger partial charge in [0.05, 0.1) is 18.1 Å². The molecule has 1 atom stereocenters. The van der Waals surface area contributed by atoms with Crippen LogP contribution in [0.15, 0.2) is 5.16 Å². The van der Waals surface area contributed by atoms with Crippen LogP contribution in [0.3, 0.4) is 0 Å². The maximum atomic E-state index is 9.21. The minimum Gasteiger partial charge on any atom is -0.341 e. The number of thioether (sulfide) groups is 1. The van der Waals surface area contributed by atoms with E-state index in [-0.39, 0.29) is 5.92 Å². The predicted octanol–water partition coefficient (Wildman–Crippen LogP) is 3.14. The van der Waals surface area contributed by atoms with Crippen LogP contribution >= 0.6 is 11.8 Å². The fourth-order valence-corrected chi connectivity index (χ4v) is 3.99. The second-order valence-electron chi connectivity index (χ2n) is 6.27. The summed E-state index contributed by atoms with van der Waals surface area (Å²) in [4.78, 5) is 2.36. The highest BCUT2D eigenvalue weighted by Crippen LogP contribution is 2.41. The first-order valence-electron chi connectivity index (χ1n) is 8.42. The second kappa shape index (κ2) is 7.70. The van der Waals surface area contributed by atoms with Gasteiger partial charge in [0.1, 0.15) is 0 Å². The lowest BCUT2D eigenvalue weighted by molar-refractivity contribution is 0.548. The fraction of sp³-hybridized carbons (Fsp3) is 0.750. The number of hydrogen-bond donors (Lipinski definition) is 0. The number of nitriles is 2. The van der Waals surface area contributed by atoms with Crippen molar-refractivity contribution in [2.24, 2.45) is 5.92 Å². The van der Waals surface area contributed by atoms with E-state index >= 15 is 0 Å². The smallest absolute Gasteiger partial charge is 0.228 e. The maximum absolute atomic E-state index is 9.21. The molecule has 122 valence electrons. The summed E-state index contributed by atoms with van der Waals surface area (Å²) in [6.45, 7) is 2.14. The summed E-state index contributed by atoms with van der Waals surface area (Å²) in [5.41, 5.74) is 0. The van der Waals surface area contributed by atoms with Crippen molar-refractivity contribution in [3.8, 4) is 12.1 Å². The molecule has 1 saturated heterocycles. The third-order valence-electron chi connectivity index (χ3n) is 4.40. The van der Waals surface area contributed by atoms with Gasteiger partial charge in [-0.2, -0.15) is 10.5 Å². The highest BCUT2D eigenvalue weighted by molar-refractivity contribution is 7.99. The van der Waals surface area contributed by atoms with E-state index in [1.807, 2.05) is 0 Å². The number of rotatable bonds is 7. The normalized spacial score (nSPS) is 19.1. The molecule has 1 aliphatic heterocycles. The Balaban J connectivity index is 1.68.